The zero-order valence-electron chi connectivity index (χ0n) is 11.6. The van der Waals surface area contributed by atoms with Crippen molar-refractivity contribution in [3.8, 4) is 0 Å². The lowest BCUT2D eigenvalue weighted by molar-refractivity contribution is -0.387. The number of nitro benzene ring substituents is 1. The molecule has 1 atom stereocenters. The molecule has 1 fully saturated rings. The summed E-state index contributed by atoms with van der Waals surface area (Å²) in [6.07, 6.45) is 4.20. The summed E-state index contributed by atoms with van der Waals surface area (Å²) in [7, 11) is 0. The Bertz CT molecular complexity index is 572. The summed E-state index contributed by atoms with van der Waals surface area (Å²) in [5.74, 6) is -2.74. The smallest absolute Gasteiger partial charge is 0.307 e. The number of hydrogen-bond donors (Lipinski definition) is 1. The van der Waals surface area contributed by atoms with E-state index in [2.05, 4.69) is 5.32 Å². The van der Waals surface area contributed by atoms with Gasteiger partial charge in [-0.25, -0.2) is 4.39 Å². The second-order valence-corrected chi connectivity index (χ2v) is 5.35. The van der Waals surface area contributed by atoms with Crippen LogP contribution in [0.25, 0.3) is 0 Å². The molecule has 5 nitrogen and oxygen atoms in total. The summed E-state index contributed by atoms with van der Waals surface area (Å²) < 4.78 is 27.2. The van der Waals surface area contributed by atoms with Crippen LogP contribution in [0.4, 0.5) is 14.5 Å². The van der Waals surface area contributed by atoms with E-state index >= 15 is 0 Å². The number of benzene rings is 1. The number of nitrogens with one attached hydrogen (secondary N) is 1. The highest BCUT2D eigenvalue weighted by molar-refractivity contribution is 5.95. The molecule has 0 aromatic heterocycles. The molecular formula is C14H16F2N2O3. The summed E-state index contributed by atoms with van der Waals surface area (Å²) in [4.78, 5) is 21.5. The molecule has 0 heterocycles. The zero-order chi connectivity index (χ0) is 15.6. The monoisotopic (exact) mass is 298 g/mol. The number of nitrogens with zero attached hydrogens (tertiary/aromatic N) is 1. The van der Waals surface area contributed by atoms with Crippen molar-refractivity contribution in [2.45, 2.75) is 38.6 Å². The number of amides is 1. The third-order valence-electron chi connectivity index (χ3n) is 3.94. The standard InChI is InChI=1S/C14H16F2N2O3/c1-8(9-4-2-3-5-9)17-14(19)10-6-12(16)13(18(20)21)7-11(10)15/h6-9H,2-5H2,1H3,(H,17,19). The van der Waals surface area contributed by atoms with E-state index in [0.29, 0.717) is 18.1 Å². The third-order valence-corrected chi connectivity index (χ3v) is 3.94. The van der Waals surface area contributed by atoms with Crippen molar-refractivity contribution < 1.29 is 18.5 Å². The van der Waals surface area contributed by atoms with Crippen LogP contribution in [-0.2, 0) is 0 Å². The van der Waals surface area contributed by atoms with Gasteiger partial charge in [-0.1, -0.05) is 12.8 Å². The van der Waals surface area contributed by atoms with Crippen molar-refractivity contribution in [2.75, 3.05) is 0 Å². The van der Waals surface area contributed by atoms with Crippen LogP contribution in [-0.4, -0.2) is 16.9 Å². The Balaban J connectivity index is 2.15. The molecule has 21 heavy (non-hydrogen) atoms. The van der Waals surface area contributed by atoms with Crippen molar-refractivity contribution in [2.24, 2.45) is 5.92 Å². The van der Waals surface area contributed by atoms with Gasteiger partial charge in [-0.15, -0.1) is 0 Å². The van der Waals surface area contributed by atoms with Crippen LogP contribution in [0.2, 0.25) is 0 Å². The number of carbonyl (C=O) groups excluding carboxylic acids is 1. The van der Waals surface area contributed by atoms with Gasteiger partial charge in [-0.05, 0) is 31.7 Å². The summed E-state index contributed by atoms with van der Waals surface area (Å²) >= 11 is 0. The molecule has 1 amide bonds. The Morgan fingerprint density at radius 1 is 1.33 bits per heavy atom. The zero-order valence-corrected chi connectivity index (χ0v) is 11.6. The van der Waals surface area contributed by atoms with Gasteiger partial charge in [-0.2, -0.15) is 4.39 Å². The van der Waals surface area contributed by atoms with Gasteiger partial charge in [-0.3, -0.25) is 14.9 Å². The summed E-state index contributed by atoms with van der Waals surface area (Å²) in [6, 6.07) is 0.868. The number of hydrogen-bond acceptors (Lipinski definition) is 3. The summed E-state index contributed by atoms with van der Waals surface area (Å²) in [5, 5.41) is 13.1. The molecule has 1 saturated carbocycles. The lowest BCUT2D eigenvalue weighted by Crippen LogP contribution is -2.37. The molecule has 1 N–H and O–H groups in total. The van der Waals surface area contributed by atoms with E-state index in [9.17, 15) is 23.7 Å². The van der Waals surface area contributed by atoms with Crippen molar-refractivity contribution in [1.29, 1.82) is 0 Å². The maximum atomic E-state index is 13.7. The third kappa shape index (κ3) is 3.34. The minimum absolute atomic E-state index is 0.141. The Morgan fingerprint density at radius 3 is 2.52 bits per heavy atom. The van der Waals surface area contributed by atoms with Gasteiger partial charge in [0.25, 0.3) is 5.91 Å². The summed E-state index contributed by atoms with van der Waals surface area (Å²) in [5.41, 5.74) is -1.49. The molecule has 1 aromatic carbocycles. The Morgan fingerprint density at radius 2 is 1.95 bits per heavy atom. The molecule has 2 rings (SSSR count). The van der Waals surface area contributed by atoms with E-state index in [1.165, 1.54) is 0 Å². The Labute approximate surface area is 120 Å². The second-order valence-electron chi connectivity index (χ2n) is 5.35. The highest BCUT2D eigenvalue weighted by Crippen LogP contribution is 2.28. The second kappa shape index (κ2) is 6.15. The predicted octanol–water partition coefficient (Wildman–Crippen LogP) is 3.18. The van der Waals surface area contributed by atoms with Gasteiger partial charge in [0.15, 0.2) is 0 Å². The van der Waals surface area contributed by atoms with Crippen LogP contribution in [0.5, 0.6) is 0 Å². The molecule has 0 bridgehead atoms. The van der Waals surface area contributed by atoms with Crippen LogP contribution < -0.4 is 5.32 Å². The number of nitro groups is 1. The Kier molecular flexibility index (Phi) is 4.50. The highest BCUT2D eigenvalue weighted by atomic mass is 19.1. The van der Waals surface area contributed by atoms with Gasteiger partial charge in [0.2, 0.25) is 5.82 Å². The molecule has 0 radical (unpaired) electrons. The van der Waals surface area contributed by atoms with Crippen molar-refractivity contribution in [3.05, 3.63) is 39.4 Å². The molecule has 1 aromatic rings. The predicted molar refractivity (Wildman–Crippen MR) is 71.9 cm³/mol. The van der Waals surface area contributed by atoms with E-state index in [1.54, 1.807) is 0 Å². The van der Waals surface area contributed by atoms with E-state index in [-0.39, 0.29) is 6.04 Å². The number of carbonyl (C=O) groups is 1. The van der Waals surface area contributed by atoms with E-state index in [0.717, 1.165) is 25.7 Å². The minimum Gasteiger partial charge on any atom is -0.349 e. The fourth-order valence-corrected chi connectivity index (χ4v) is 2.71. The first-order valence-corrected chi connectivity index (χ1v) is 6.84. The fraction of sp³-hybridized carbons (Fsp3) is 0.500. The molecule has 0 saturated heterocycles. The van der Waals surface area contributed by atoms with Gasteiger partial charge in [0.1, 0.15) is 5.82 Å². The molecule has 1 aliphatic carbocycles. The largest absolute Gasteiger partial charge is 0.349 e. The van der Waals surface area contributed by atoms with Crippen LogP contribution >= 0.6 is 0 Å². The normalized spacial score (nSPS) is 16.7. The average molecular weight is 298 g/mol. The van der Waals surface area contributed by atoms with Crippen LogP contribution in [0.1, 0.15) is 43.0 Å². The first-order chi connectivity index (χ1) is 9.90. The molecule has 1 aliphatic rings. The summed E-state index contributed by atoms with van der Waals surface area (Å²) in [6.45, 7) is 1.83. The van der Waals surface area contributed by atoms with Gasteiger partial charge >= 0.3 is 5.69 Å². The number of rotatable bonds is 4. The van der Waals surface area contributed by atoms with Gasteiger partial charge in [0, 0.05) is 6.04 Å². The van der Waals surface area contributed by atoms with Crippen molar-refractivity contribution in [1.82, 2.24) is 5.32 Å². The maximum Gasteiger partial charge on any atom is 0.307 e. The maximum absolute atomic E-state index is 13.7. The van der Waals surface area contributed by atoms with E-state index in [1.807, 2.05) is 6.92 Å². The molecule has 0 aliphatic heterocycles. The highest BCUT2D eigenvalue weighted by Gasteiger charge is 2.26. The van der Waals surface area contributed by atoms with Crippen molar-refractivity contribution in [3.63, 3.8) is 0 Å². The van der Waals surface area contributed by atoms with Gasteiger partial charge in [0.05, 0.1) is 16.6 Å². The van der Waals surface area contributed by atoms with Crippen LogP contribution in [0.3, 0.4) is 0 Å². The first-order valence-electron chi connectivity index (χ1n) is 6.84. The molecular weight excluding hydrogens is 282 g/mol. The van der Waals surface area contributed by atoms with E-state index in [4.69, 9.17) is 0 Å². The average Bonchev–Trinajstić information content (AvgIpc) is 2.94. The quantitative estimate of drug-likeness (QED) is 0.685. The van der Waals surface area contributed by atoms with Crippen LogP contribution in [0, 0.1) is 27.7 Å². The first kappa shape index (κ1) is 15.3. The SMILES string of the molecule is CC(NC(=O)c1cc(F)c([N+](=O)[O-])cc1F)C1CCCC1. The minimum atomic E-state index is -1.22. The lowest BCUT2D eigenvalue weighted by atomic mass is 9.99. The van der Waals surface area contributed by atoms with Gasteiger partial charge < -0.3 is 5.32 Å². The molecule has 0 spiro atoms. The fourth-order valence-electron chi connectivity index (χ4n) is 2.71. The molecule has 7 heteroatoms. The number of halogens is 2. The lowest BCUT2D eigenvalue weighted by Gasteiger charge is -2.20. The van der Waals surface area contributed by atoms with E-state index < -0.39 is 33.7 Å². The molecule has 1 unspecified atom stereocenters. The topological polar surface area (TPSA) is 72.2 Å². The van der Waals surface area contributed by atoms with Crippen molar-refractivity contribution >= 4 is 11.6 Å². The Hall–Kier alpha value is -2.05. The molecule has 114 valence electrons. The van der Waals surface area contributed by atoms with Crippen LogP contribution in [0.15, 0.2) is 12.1 Å².